The third-order valence-corrected chi connectivity index (χ3v) is 10.7. The number of thiazole rings is 1. The molecule has 0 spiro atoms. The number of carbonyl (C=O) groups excluding carboxylic acids is 1. The molecule has 3 N–H and O–H groups in total. The van der Waals surface area contributed by atoms with Crippen LogP contribution in [0.2, 0.25) is 0 Å². The van der Waals surface area contributed by atoms with Gasteiger partial charge < -0.3 is 20.4 Å². The largest absolute Gasteiger partial charge is 0.396 e. The van der Waals surface area contributed by atoms with Gasteiger partial charge in [-0.25, -0.2) is 4.98 Å². The Bertz CT molecular complexity index is 1070. The molecule has 2 heterocycles. The maximum Gasteiger partial charge on any atom is 0.223 e. The molecule has 0 bridgehead atoms. The molecule has 1 saturated carbocycles. The molecule has 2 aromatic rings. The Labute approximate surface area is 219 Å². The number of fused-ring (bicyclic) bond motifs is 2. The highest BCUT2D eigenvalue weighted by Crippen LogP contribution is 2.63. The Kier molecular flexibility index (Phi) is 7.18. The van der Waals surface area contributed by atoms with Gasteiger partial charge in [-0.05, 0) is 54.9 Å². The molecule has 2 fully saturated rings. The third-order valence-electron chi connectivity index (χ3n) is 9.70. The maximum absolute atomic E-state index is 13.6. The lowest BCUT2D eigenvalue weighted by molar-refractivity contribution is -0.147. The summed E-state index contributed by atoms with van der Waals surface area (Å²) in [4.78, 5) is 22.0. The van der Waals surface area contributed by atoms with E-state index in [0.29, 0.717) is 25.3 Å². The normalized spacial score (nSPS) is 32.6. The number of piperidine rings is 1. The Hall–Kier alpha value is -1.96. The molecule has 3 aliphatic rings. The van der Waals surface area contributed by atoms with Gasteiger partial charge in [-0.15, -0.1) is 11.3 Å². The van der Waals surface area contributed by atoms with Crippen molar-refractivity contribution in [1.82, 2.24) is 9.88 Å². The van der Waals surface area contributed by atoms with E-state index in [2.05, 4.69) is 36.2 Å². The average Bonchev–Trinajstić information content (AvgIpc) is 3.30. The van der Waals surface area contributed by atoms with Gasteiger partial charge in [-0.3, -0.25) is 4.79 Å². The van der Waals surface area contributed by atoms with Crippen molar-refractivity contribution in [3.8, 4) is 0 Å². The number of nitrogens with zero attached hydrogens (tertiary/aromatic N) is 2. The summed E-state index contributed by atoms with van der Waals surface area (Å²) in [6, 6.07) is 10.3. The fourth-order valence-corrected chi connectivity index (χ4v) is 8.12. The highest BCUT2D eigenvalue weighted by molar-refractivity contribution is 7.15. The van der Waals surface area contributed by atoms with Crippen LogP contribution in [-0.4, -0.2) is 51.8 Å². The van der Waals surface area contributed by atoms with Crippen LogP contribution in [0.1, 0.15) is 74.9 Å². The number of benzene rings is 1. The molecule has 5 rings (SSSR count). The van der Waals surface area contributed by atoms with Crippen molar-refractivity contribution < 1.29 is 15.0 Å². The van der Waals surface area contributed by atoms with E-state index in [0.717, 1.165) is 49.6 Å². The predicted octanol–water partition coefficient (Wildman–Crippen LogP) is 4.82. The topological polar surface area (TPSA) is 85.7 Å². The minimum atomic E-state index is -0.589. The average molecular weight is 512 g/mol. The first-order valence-electron chi connectivity index (χ1n) is 13.6. The number of anilines is 1. The van der Waals surface area contributed by atoms with E-state index >= 15 is 0 Å². The summed E-state index contributed by atoms with van der Waals surface area (Å²) in [7, 11) is 0. The van der Waals surface area contributed by atoms with E-state index < -0.39 is 11.5 Å². The number of nitrogens with one attached hydrogen (secondary N) is 1. The summed E-state index contributed by atoms with van der Waals surface area (Å²) in [5, 5.41) is 25.9. The quantitative estimate of drug-likeness (QED) is 0.518. The number of rotatable bonds is 6. The molecule has 5 unspecified atom stereocenters. The molecule has 0 radical (unpaired) electrons. The molecule has 7 heteroatoms. The predicted molar refractivity (Wildman–Crippen MR) is 144 cm³/mol. The van der Waals surface area contributed by atoms with Crippen molar-refractivity contribution >= 4 is 22.4 Å². The molecule has 1 aromatic heterocycles. The van der Waals surface area contributed by atoms with E-state index in [1.54, 1.807) is 11.3 Å². The van der Waals surface area contributed by atoms with E-state index in [-0.39, 0.29) is 29.8 Å². The van der Waals surface area contributed by atoms with Crippen LogP contribution in [0.5, 0.6) is 0 Å². The SMILES string of the molecule is CC1CCN(C(=O)CC2c3nc(NCc4ccccc4)sc3CC3C(C)(CO)C(O)CCC23C)CC1. The Balaban J connectivity index is 1.46. The summed E-state index contributed by atoms with van der Waals surface area (Å²) in [5.74, 6) is 0.982. The zero-order chi connectivity index (χ0) is 25.5. The van der Waals surface area contributed by atoms with E-state index in [9.17, 15) is 15.0 Å². The van der Waals surface area contributed by atoms with Crippen LogP contribution in [0.15, 0.2) is 30.3 Å². The van der Waals surface area contributed by atoms with Crippen molar-refractivity contribution in [2.75, 3.05) is 25.0 Å². The minimum absolute atomic E-state index is 0.0139. The number of hydrogen-bond acceptors (Lipinski definition) is 6. The van der Waals surface area contributed by atoms with E-state index in [1.165, 1.54) is 10.4 Å². The Morgan fingerprint density at radius 3 is 2.61 bits per heavy atom. The highest BCUT2D eigenvalue weighted by atomic mass is 32.1. The summed E-state index contributed by atoms with van der Waals surface area (Å²) >= 11 is 1.68. The monoisotopic (exact) mass is 511 g/mol. The number of amides is 1. The first kappa shape index (κ1) is 25.7. The van der Waals surface area contributed by atoms with Crippen molar-refractivity contribution in [2.45, 2.75) is 77.9 Å². The molecule has 1 aromatic carbocycles. The Morgan fingerprint density at radius 1 is 1.19 bits per heavy atom. The van der Waals surface area contributed by atoms with Gasteiger partial charge in [0.05, 0.1) is 18.4 Å². The second-order valence-corrected chi connectivity index (χ2v) is 13.1. The number of hydrogen-bond donors (Lipinski definition) is 3. The van der Waals surface area contributed by atoms with Crippen LogP contribution in [0.3, 0.4) is 0 Å². The van der Waals surface area contributed by atoms with Gasteiger partial charge in [0.1, 0.15) is 0 Å². The number of aliphatic hydroxyl groups excluding tert-OH is 2. The first-order chi connectivity index (χ1) is 17.2. The molecule has 2 aliphatic carbocycles. The number of likely N-dealkylation sites (tertiary alicyclic amines) is 1. The first-order valence-corrected chi connectivity index (χ1v) is 14.4. The summed E-state index contributed by atoms with van der Waals surface area (Å²) in [6.07, 6.45) is 4.33. The molecule has 1 aliphatic heterocycles. The molecular weight excluding hydrogens is 470 g/mol. The molecule has 36 heavy (non-hydrogen) atoms. The standard InChI is InChI=1S/C29H41N3O3S/c1-19-10-13-32(14-11-19)25(35)15-21-26-22(36-27(31-26)30-17-20-7-5-4-6-8-20)16-23-28(21,2)12-9-24(34)29(23,3)18-33/h4-8,19,21,23-24,33-34H,9-18H2,1-3H3,(H,30,31). The van der Waals surface area contributed by atoms with Crippen molar-refractivity contribution in [3.05, 3.63) is 46.5 Å². The minimum Gasteiger partial charge on any atom is -0.396 e. The fourth-order valence-electron chi connectivity index (χ4n) is 7.06. The Morgan fingerprint density at radius 2 is 1.92 bits per heavy atom. The van der Waals surface area contributed by atoms with Crippen LogP contribution in [0.4, 0.5) is 5.13 Å². The van der Waals surface area contributed by atoms with Gasteiger partial charge in [0.15, 0.2) is 5.13 Å². The van der Waals surface area contributed by atoms with Crippen LogP contribution < -0.4 is 5.32 Å². The van der Waals surface area contributed by atoms with Crippen LogP contribution >= 0.6 is 11.3 Å². The lowest BCUT2D eigenvalue weighted by Gasteiger charge is -2.58. The van der Waals surface area contributed by atoms with Gasteiger partial charge in [0, 0.05) is 42.3 Å². The summed E-state index contributed by atoms with van der Waals surface area (Å²) < 4.78 is 0. The maximum atomic E-state index is 13.6. The van der Waals surface area contributed by atoms with Gasteiger partial charge in [-0.2, -0.15) is 0 Å². The lowest BCUT2D eigenvalue weighted by atomic mass is 9.47. The van der Waals surface area contributed by atoms with Gasteiger partial charge in [-0.1, -0.05) is 51.1 Å². The second-order valence-electron chi connectivity index (χ2n) is 12.0. The smallest absolute Gasteiger partial charge is 0.223 e. The number of aromatic nitrogens is 1. The van der Waals surface area contributed by atoms with Gasteiger partial charge >= 0.3 is 0 Å². The number of aliphatic hydroxyl groups is 2. The van der Waals surface area contributed by atoms with E-state index in [1.807, 2.05) is 25.1 Å². The van der Waals surface area contributed by atoms with Crippen molar-refractivity contribution in [1.29, 1.82) is 0 Å². The molecule has 6 nitrogen and oxygen atoms in total. The van der Waals surface area contributed by atoms with E-state index in [4.69, 9.17) is 4.98 Å². The zero-order valence-electron chi connectivity index (χ0n) is 21.9. The molecule has 5 atom stereocenters. The van der Waals surface area contributed by atoms with Crippen LogP contribution in [-0.2, 0) is 17.8 Å². The highest BCUT2D eigenvalue weighted by Gasteiger charge is 2.59. The lowest BCUT2D eigenvalue weighted by Crippen LogP contribution is -2.57. The zero-order valence-corrected chi connectivity index (χ0v) is 22.7. The molecule has 196 valence electrons. The number of carbonyl (C=O) groups is 1. The fraction of sp³-hybridized carbons (Fsp3) is 0.655. The van der Waals surface area contributed by atoms with Crippen LogP contribution in [0, 0.1) is 22.7 Å². The van der Waals surface area contributed by atoms with Crippen molar-refractivity contribution in [3.63, 3.8) is 0 Å². The van der Waals surface area contributed by atoms with Gasteiger partial charge in [0.2, 0.25) is 5.91 Å². The van der Waals surface area contributed by atoms with Gasteiger partial charge in [0.25, 0.3) is 0 Å². The van der Waals surface area contributed by atoms with Crippen LogP contribution in [0.25, 0.3) is 0 Å². The molecule has 1 saturated heterocycles. The second kappa shape index (κ2) is 10.1. The molecule has 1 amide bonds. The molecular formula is C29H41N3O3S. The van der Waals surface area contributed by atoms with Crippen molar-refractivity contribution in [2.24, 2.45) is 22.7 Å². The third kappa shape index (κ3) is 4.59. The summed E-state index contributed by atoms with van der Waals surface area (Å²) in [5.41, 5.74) is 1.47. The summed E-state index contributed by atoms with van der Waals surface area (Å²) in [6.45, 7) is 8.92.